The smallest absolute Gasteiger partial charge is 0.264 e. The van der Waals surface area contributed by atoms with Gasteiger partial charge in [-0.3, -0.25) is 4.79 Å². The lowest BCUT2D eigenvalue weighted by Gasteiger charge is -2.10. The summed E-state index contributed by atoms with van der Waals surface area (Å²) in [7, 11) is -3.84. The lowest BCUT2D eigenvalue weighted by atomic mass is 10.0. The molecule has 0 fully saturated rings. The highest BCUT2D eigenvalue weighted by molar-refractivity contribution is 7.92. The molecule has 8 nitrogen and oxygen atoms in total. The van der Waals surface area contributed by atoms with Gasteiger partial charge in [0.25, 0.3) is 15.9 Å². The number of nitrogens with one attached hydrogen (secondary N) is 2. The van der Waals surface area contributed by atoms with Crippen LogP contribution in [0.5, 0.6) is 5.75 Å². The highest BCUT2D eigenvalue weighted by Crippen LogP contribution is 2.23. The molecule has 0 bridgehead atoms. The van der Waals surface area contributed by atoms with E-state index in [0.717, 1.165) is 11.1 Å². The van der Waals surface area contributed by atoms with E-state index in [9.17, 15) is 13.2 Å². The third-order valence-corrected chi connectivity index (χ3v) is 6.19. The van der Waals surface area contributed by atoms with Crippen LogP contribution in [-0.4, -0.2) is 30.9 Å². The Bertz CT molecular complexity index is 1360. The Balaban J connectivity index is 1.30. The van der Waals surface area contributed by atoms with Gasteiger partial charge in [-0.1, -0.05) is 42.0 Å². The average Bonchev–Trinajstić information content (AvgIpc) is 2.84. The normalized spacial score (nSPS) is 11.0. The van der Waals surface area contributed by atoms with Crippen LogP contribution < -0.4 is 14.8 Å². The Hall–Kier alpha value is -4.24. The van der Waals surface area contributed by atoms with E-state index in [1.54, 1.807) is 6.07 Å². The molecule has 1 heterocycles. The predicted molar refractivity (Wildman–Crippen MR) is 130 cm³/mol. The number of hydrogen-bond acceptors (Lipinski definition) is 6. The first-order valence-corrected chi connectivity index (χ1v) is 11.9. The van der Waals surface area contributed by atoms with Gasteiger partial charge in [0.15, 0.2) is 6.61 Å². The molecule has 0 spiro atoms. The molecule has 0 atom stereocenters. The number of anilines is 2. The van der Waals surface area contributed by atoms with Crippen LogP contribution in [0.2, 0.25) is 0 Å². The van der Waals surface area contributed by atoms with Crippen molar-refractivity contribution in [2.45, 2.75) is 11.8 Å². The van der Waals surface area contributed by atoms with Crippen molar-refractivity contribution in [1.29, 1.82) is 0 Å². The number of nitrogens with zero attached hydrogens (tertiary/aromatic N) is 2. The summed E-state index contributed by atoms with van der Waals surface area (Å²) in [6.45, 7) is 1.86. The van der Waals surface area contributed by atoms with Crippen molar-refractivity contribution in [1.82, 2.24) is 9.97 Å². The Kier molecular flexibility index (Phi) is 6.84. The first kappa shape index (κ1) is 22.9. The van der Waals surface area contributed by atoms with Crippen LogP contribution >= 0.6 is 0 Å². The third-order valence-electron chi connectivity index (χ3n) is 4.85. The number of rotatable bonds is 8. The molecule has 0 aliphatic heterocycles. The van der Waals surface area contributed by atoms with Crippen LogP contribution in [0.25, 0.3) is 11.1 Å². The number of aromatic nitrogens is 2. The van der Waals surface area contributed by atoms with Gasteiger partial charge >= 0.3 is 0 Å². The number of aryl methyl sites for hydroxylation is 1. The number of benzene rings is 3. The van der Waals surface area contributed by atoms with E-state index in [1.165, 1.54) is 42.2 Å². The maximum atomic E-state index is 12.4. The molecule has 1 aromatic heterocycles. The minimum Gasteiger partial charge on any atom is -0.484 e. The monoisotopic (exact) mass is 474 g/mol. The molecule has 3 aromatic carbocycles. The summed E-state index contributed by atoms with van der Waals surface area (Å²) in [4.78, 5) is 19.9. The molecule has 4 aromatic rings. The van der Waals surface area contributed by atoms with Crippen LogP contribution in [-0.2, 0) is 14.8 Å². The molecular weight excluding hydrogens is 452 g/mol. The zero-order valence-corrected chi connectivity index (χ0v) is 19.1. The Morgan fingerprint density at radius 2 is 1.44 bits per heavy atom. The second kappa shape index (κ2) is 10.1. The largest absolute Gasteiger partial charge is 0.484 e. The first-order valence-electron chi connectivity index (χ1n) is 10.4. The van der Waals surface area contributed by atoms with E-state index >= 15 is 0 Å². The number of amides is 1. The van der Waals surface area contributed by atoms with Crippen LogP contribution in [0.15, 0.2) is 96.2 Å². The SMILES string of the molecule is Cc1ccc(-c2ccc(OCC(=O)Nc3ccc(S(=O)(=O)Nc4ncccn4)cc3)cc2)cc1. The minimum atomic E-state index is -3.84. The molecule has 0 unspecified atom stereocenters. The van der Waals surface area contributed by atoms with Gasteiger partial charge in [0.2, 0.25) is 5.95 Å². The summed E-state index contributed by atoms with van der Waals surface area (Å²) in [6, 6.07) is 23.1. The van der Waals surface area contributed by atoms with E-state index in [4.69, 9.17) is 4.74 Å². The highest BCUT2D eigenvalue weighted by Gasteiger charge is 2.15. The van der Waals surface area contributed by atoms with Crippen LogP contribution in [0.1, 0.15) is 5.56 Å². The molecule has 1 amide bonds. The van der Waals surface area contributed by atoms with Crippen molar-refractivity contribution < 1.29 is 17.9 Å². The van der Waals surface area contributed by atoms with Gasteiger partial charge in [0, 0.05) is 18.1 Å². The fourth-order valence-electron chi connectivity index (χ4n) is 3.08. The maximum Gasteiger partial charge on any atom is 0.264 e. The summed E-state index contributed by atoms with van der Waals surface area (Å²) < 4.78 is 32.7. The van der Waals surface area contributed by atoms with Crippen LogP contribution in [0.3, 0.4) is 0 Å². The summed E-state index contributed by atoms with van der Waals surface area (Å²) in [6.07, 6.45) is 2.87. The average molecular weight is 475 g/mol. The summed E-state index contributed by atoms with van der Waals surface area (Å²) in [5.41, 5.74) is 3.80. The quantitative estimate of drug-likeness (QED) is 0.395. The topological polar surface area (TPSA) is 110 Å². The highest BCUT2D eigenvalue weighted by atomic mass is 32.2. The standard InChI is InChI=1S/C25H22N4O4S/c1-18-3-5-19(6-4-18)20-7-11-22(12-8-20)33-17-24(30)28-21-9-13-23(14-10-21)34(31,32)29-25-26-15-2-16-27-25/h2-16H,17H2,1H3,(H,28,30)(H,26,27,29). The molecule has 172 valence electrons. The van der Waals surface area contributed by atoms with Gasteiger partial charge in [-0.05, 0) is 60.5 Å². The van der Waals surface area contributed by atoms with E-state index in [1.807, 2.05) is 31.2 Å². The number of carbonyl (C=O) groups excluding carboxylic acids is 1. The lowest BCUT2D eigenvalue weighted by Crippen LogP contribution is -2.20. The van der Waals surface area contributed by atoms with Crippen molar-refractivity contribution in [2.75, 3.05) is 16.6 Å². The summed E-state index contributed by atoms with van der Waals surface area (Å²) >= 11 is 0. The van der Waals surface area contributed by atoms with Gasteiger partial charge in [0.1, 0.15) is 5.75 Å². The zero-order valence-electron chi connectivity index (χ0n) is 18.3. The number of carbonyl (C=O) groups is 1. The van der Waals surface area contributed by atoms with E-state index in [2.05, 4.69) is 44.3 Å². The molecule has 0 aliphatic carbocycles. The van der Waals surface area contributed by atoms with Gasteiger partial charge < -0.3 is 10.1 Å². The lowest BCUT2D eigenvalue weighted by molar-refractivity contribution is -0.118. The molecular formula is C25H22N4O4S. The molecule has 0 aliphatic rings. The van der Waals surface area contributed by atoms with E-state index < -0.39 is 10.0 Å². The van der Waals surface area contributed by atoms with Crippen molar-refractivity contribution in [3.05, 3.63) is 96.8 Å². The van der Waals surface area contributed by atoms with Gasteiger partial charge in [0.05, 0.1) is 4.90 Å². The summed E-state index contributed by atoms with van der Waals surface area (Å²) in [5.74, 6) is 0.180. The Labute approximate surface area is 197 Å². The molecule has 0 radical (unpaired) electrons. The molecule has 0 saturated carbocycles. The maximum absolute atomic E-state index is 12.4. The first-order chi connectivity index (χ1) is 16.4. The number of sulfonamides is 1. The molecule has 4 rings (SSSR count). The molecule has 9 heteroatoms. The third kappa shape index (κ3) is 5.96. The second-order valence-electron chi connectivity index (χ2n) is 7.43. The van der Waals surface area contributed by atoms with Crippen molar-refractivity contribution >= 4 is 27.6 Å². The predicted octanol–water partition coefficient (Wildman–Crippen LogP) is 4.27. The van der Waals surface area contributed by atoms with Gasteiger partial charge in [-0.15, -0.1) is 0 Å². The van der Waals surface area contributed by atoms with Crippen LogP contribution in [0, 0.1) is 6.92 Å². The zero-order chi connectivity index (χ0) is 24.0. The molecule has 34 heavy (non-hydrogen) atoms. The van der Waals surface area contributed by atoms with Gasteiger partial charge in [-0.25, -0.2) is 23.1 Å². The fraction of sp³-hybridized carbons (Fsp3) is 0.0800. The molecule has 2 N–H and O–H groups in total. The Morgan fingerprint density at radius 3 is 2.06 bits per heavy atom. The minimum absolute atomic E-state index is 0.0165. The van der Waals surface area contributed by atoms with Crippen LogP contribution in [0.4, 0.5) is 11.6 Å². The van der Waals surface area contributed by atoms with Crippen molar-refractivity contribution in [2.24, 2.45) is 0 Å². The van der Waals surface area contributed by atoms with Crippen molar-refractivity contribution in [3.63, 3.8) is 0 Å². The van der Waals surface area contributed by atoms with E-state index in [0.29, 0.717) is 11.4 Å². The Morgan fingerprint density at radius 1 is 0.853 bits per heavy atom. The van der Waals surface area contributed by atoms with Gasteiger partial charge in [-0.2, -0.15) is 0 Å². The van der Waals surface area contributed by atoms with E-state index in [-0.39, 0.29) is 23.4 Å². The fourth-order valence-corrected chi connectivity index (χ4v) is 4.04. The van der Waals surface area contributed by atoms with Crippen molar-refractivity contribution in [3.8, 4) is 16.9 Å². The number of hydrogen-bond donors (Lipinski definition) is 2. The second-order valence-corrected chi connectivity index (χ2v) is 9.11. The molecule has 0 saturated heterocycles. The summed E-state index contributed by atoms with van der Waals surface area (Å²) in [5, 5.41) is 2.68. The number of ether oxygens (including phenoxy) is 1.